The van der Waals surface area contributed by atoms with Gasteiger partial charge < -0.3 is 5.11 Å². The molecular formula is C23H24Cl2O. The highest BCUT2D eigenvalue weighted by Crippen LogP contribution is 2.58. The highest BCUT2D eigenvalue weighted by Gasteiger charge is 2.49. The van der Waals surface area contributed by atoms with Crippen LogP contribution in [-0.2, 0) is 0 Å². The van der Waals surface area contributed by atoms with Gasteiger partial charge in [-0.1, -0.05) is 78.2 Å². The number of rotatable bonds is 8. The van der Waals surface area contributed by atoms with E-state index < -0.39 is 0 Å². The van der Waals surface area contributed by atoms with Gasteiger partial charge in [0.25, 0.3) is 0 Å². The topological polar surface area (TPSA) is 20.2 Å². The molecule has 2 aromatic carbocycles. The smallest absolute Gasteiger partial charge is 0.0431 e. The van der Waals surface area contributed by atoms with Crippen molar-refractivity contribution in [1.82, 2.24) is 0 Å². The maximum absolute atomic E-state index is 9.03. The first kappa shape index (κ1) is 19.2. The van der Waals surface area contributed by atoms with E-state index in [1.165, 1.54) is 0 Å². The van der Waals surface area contributed by atoms with Crippen LogP contribution < -0.4 is 0 Å². The Hall–Kier alpha value is -1.54. The minimum absolute atomic E-state index is 0.106. The Kier molecular flexibility index (Phi) is 6.58. The number of allylic oxidation sites excluding steroid dienone is 2. The molecule has 1 unspecified atom stereocenters. The van der Waals surface area contributed by atoms with Crippen molar-refractivity contribution in [1.29, 1.82) is 0 Å². The van der Waals surface area contributed by atoms with E-state index in [0.29, 0.717) is 5.92 Å². The molecule has 1 saturated carbocycles. The summed E-state index contributed by atoms with van der Waals surface area (Å²) in [5, 5.41) is 10.5. The van der Waals surface area contributed by atoms with E-state index in [1.807, 2.05) is 48.5 Å². The summed E-state index contributed by atoms with van der Waals surface area (Å²) < 4.78 is 0. The van der Waals surface area contributed by atoms with Crippen LogP contribution in [-0.4, -0.2) is 11.7 Å². The summed E-state index contributed by atoms with van der Waals surface area (Å²) in [6.45, 7) is 0.279. The Labute approximate surface area is 166 Å². The SMILES string of the molecule is OCCCCC1CC1(/C=C/c1ccc(Cl)cc1)/C=C/c1ccc(Cl)cc1. The second-order valence-corrected chi connectivity index (χ2v) is 7.88. The van der Waals surface area contributed by atoms with Crippen LogP contribution in [0.15, 0.2) is 60.7 Å². The summed E-state index contributed by atoms with van der Waals surface area (Å²) in [6.07, 6.45) is 13.3. The molecule has 0 amide bonds. The molecule has 1 fully saturated rings. The normalized spacial score (nSPS) is 18.7. The predicted molar refractivity (Wildman–Crippen MR) is 112 cm³/mol. The van der Waals surface area contributed by atoms with Crippen LogP contribution >= 0.6 is 23.2 Å². The van der Waals surface area contributed by atoms with Crippen LogP contribution in [0, 0.1) is 11.3 Å². The third-order valence-electron chi connectivity index (χ3n) is 5.07. The maximum atomic E-state index is 9.03. The number of benzene rings is 2. The minimum atomic E-state index is 0.106. The van der Waals surface area contributed by atoms with Gasteiger partial charge in [0.05, 0.1) is 0 Å². The fourth-order valence-electron chi connectivity index (χ4n) is 3.36. The summed E-state index contributed by atoms with van der Waals surface area (Å²) in [7, 11) is 0. The lowest BCUT2D eigenvalue weighted by Crippen LogP contribution is -1.97. The first-order valence-corrected chi connectivity index (χ1v) is 9.87. The maximum Gasteiger partial charge on any atom is 0.0431 e. The van der Waals surface area contributed by atoms with Crippen LogP contribution in [0.5, 0.6) is 0 Å². The van der Waals surface area contributed by atoms with Crippen LogP contribution in [0.3, 0.4) is 0 Å². The van der Waals surface area contributed by atoms with Crippen molar-refractivity contribution in [2.24, 2.45) is 11.3 Å². The fraction of sp³-hybridized carbons (Fsp3) is 0.304. The van der Waals surface area contributed by atoms with Crippen molar-refractivity contribution in [3.63, 3.8) is 0 Å². The number of unbranched alkanes of at least 4 members (excludes halogenated alkanes) is 1. The van der Waals surface area contributed by atoms with Crippen molar-refractivity contribution < 1.29 is 5.11 Å². The van der Waals surface area contributed by atoms with Crippen molar-refractivity contribution in [2.75, 3.05) is 6.61 Å². The third kappa shape index (κ3) is 5.23. The largest absolute Gasteiger partial charge is 0.396 e. The average molecular weight is 387 g/mol. The summed E-state index contributed by atoms with van der Waals surface area (Å²) in [4.78, 5) is 0. The molecule has 0 aliphatic heterocycles. The number of aliphatic hydroxyl groups is 1. The summed E-state index contributed by atoms with van der Waals surface area (Å²) in [6, 6.07) is 15.8. The van der Waals surface area contributed by atoms with E-state index in [-0.39, 0.29) is 12.0 Å². The van der Waals surface area contributed by atoms with E-state index in [2.05, 4.69) is 24.3 Å². The van der Waals surface area contributed by atoms with E-state index >= 15 is 0 Å². The molecule has 0 aromatic heterocycles. The zero-order valence-corrected chi connectivity index (χ0v) is 16.3. The van der Waals surface area contributed by atoms with Gasteiger partial charge in [-0.2, -0.15) is 0 Å². The van der Waals surface area contributed by atoms with E-state index in [9.17, 15) is 0 Å². The Morgan fingerprint density at radius 1 is 0.846 bits per heavy atom. The lowest BCUT2D eigenvalue weighted by molar-refractivity contribution is 0.281. The molecule has 1 aliphatic carbocycles. The molecule has 1 N–H and O–H groups in total. The quantitative estimate of drug-likeness (QED) is 0.489. The van der Waals surface area contributed by atoms with E-state index in [1.54, 1.807) is 0 Å². The molecule has 0 heterocycles. The molecule has 0 saturated heterocycles. The highest BCUT2D eigenvalue weighted by molar-refractivity contribution is 6.30. The van der Waals surface area contributed by atoms with Gasteiger partial charge in [0.15, 0.2) is 0 Å². The van der Waals surface area contributed by atoms with Crippen LogP contribution in [0.1, 0.15) is 36.8 Å². The predicted octanol–water partition coefficient (Wildman–Crippen LogP) is 6.89. The molecule has 1 nitrogen and oxygen atoms in total. The Bertz CT molecular complexity index is 704. The number of halogens is 2. The van der Waals surface area contributed by atoms with Crippen molar-refractivity contribution in [3.8, 4) is 0 Å². The van der Waals surface area contributed by atoms with Gasteiger partial charge in [0.1, 0.15) is 0 Å². The molecule has 0 radical (unpaired) electrons. The van der Waals surface area contributed by atoms with Gasteiger partial charge in [0, 0.05) is 22.1 Å². The highest BCUT2D eigenvalue weighted by atomic mass is 35.5. The molecule has 3 rings (SSSR count). The Morgan fingerprint density at radius 2 is 1.35 bits per heavy atom. The first-order valence-electron chi connectivity index (χ1n) is 9.12. The summed E-state index contributed by atoms with van der Waals surface area (Å²) >= 11 is 11.9. The zero-order valence-electron chi connectivity index (χ0n) is 14.7. The monoisotopic (exact) mass is 386 g/mol. The van der Waals surface area contributed by atoms with Crippen LogP contribution in [0.2, 0.25) is 10.0 Å². The molecular weight excluding hydrogens is 363 g/mol. The number of hydrogen-bond acceptors (Lipinski definition) is 1. The van der Waals surface area contributed by atoms with Gasteiger partial charge in [-0.25, -0.2) is 0 Å². The lowest BCUT2D eigenvalue weighted by atomic mass is 9.97. The second kappa shape index (κ2) is 8.90. The van der Waals surface area contributed by atoms with Crippen LogP contribution in [0.25, 0.3) is 12.2 Å². The Balaban J connectivity index is 1.74. The van der Waals surface area contributed by atoms with E-state index in [4.69, 9.17) is 28.3 Å². The number of aliphatic hydroxyl groups excluding tert-OH is 1. The average Bonchev–Trinajstić information content (AvgIpc) is 3.34. The first-order chi connectivity index (χ1) is 12.6. The Morgan fingerprint density at radius 3 is 1.81 bits per heavy atom. The summed E-state index contributed by atoms with van der Waals surface area (Å²) in [5.74, 6) is 0.640. The number of hydrogen-bond donors (Lipinski definition) is 1. The minimum Gasteiger partial charge on any atom is -0.396 e. The summed E-state index contributed by atoms with van der Waals surface area (Å²) in [5.41, 5.74) is 2.43. The van der Waals surface area contributed by atoms with Gasteiger partial charge in [-0.15, -0.1) is 0 Å². The molecule has 2 aromatic rings. The van der Waals surface area contributed by atoms with Gasteiger partial charge in [0.2, 0.25) is 0 Å². The molecule has 3 heteroatoms. The molecule has 0 bridgehead atoms. The van der Waals surface area contributed by atoms with E-state index in [0.717, 1.165) is 46.9 Å². The van der Waals surface area contributed by atoms with Gasteiger partial charge >= 0.3 is 0 Å². The van der Waals surface area contributed by atoms with Crippen molar-refractivity contribution in [2.45, 2.75) is 25.7 Å². The zero-order chi connectivity index (χ0) is 18.4. The van der Waals surface area contributed by atoms with Gasteiger partial charge in [-0.3, -0.25) is 0 Å². The molecule has 1 atom stereocenters. The molecule has 1 aliphatic rings. The third-order valence-corrected chi connectivity index (χ3v) is 5.58. The lowest BCUT2D eigenvalue weighted by Gasteiger charge is -2.08. The molecule has 136 valence electrons. The second-order valence-electron chi connectivity index (χ2n) is 7.00. The van der Waals surface area contributed by atoms with Crippen molar-refractivity contribution in [3.05, 3.63) is 81.9 Å². The van der Waals surface area contributed by atoms with Crippen LogP contribution in [0.4, 0.5) is 0 Å². The molecule has 26 heavy (non-hydrogen) atoms. The standard InChI is InChI=1S/C23H24Cl2O/c24-21-8-4-18(5-9-21)12-14-23(17-20(23)3-1-2-16-26)15-13-19-6-10-22(25)11-7-19/h4-15,20,26H,1-3,16-17H2/b14-12+,15-13+. The fourth-order valence-corrected chi connectivity index (χ4v) is 3.61. The van der Waals surface area contributed by atoms with Gasteiger partial charge in [-0.05, 0) is 60.6 Å². The van der Waals surface area contributed by atoms with Crippen molar-refractivity contribution >= 4 is 35.4 Å². The molecule has 0 spiro atoms.